The monoisotopic (exact) mass is 267 g/mol. The van der Waals surface area contributed by atoms with Gasteiger partial charge in [-0.1, -0.05) is 29.3 Å². The SMILES string of the molecule is Cc1cc(C)cc(-c2cncc(C3(C(=O)O)CC3)c2)c1. The van der Waals surface area contributed by atoms with E-state index in [1.807, 2.05) is 6.07 Å². The van der Waals surface area contributed by atoms with Crippen molar-refractivity contribution in [2.45, 2.75) is 32.1 Å². The highest BCUT2D eigenvalue weighted by atomic mass is 16.4. The summed E-state index contributed by atoms with van der Waals surface area (Å²) in [4.78, 5) is 15.7. The van der Waals surface area contributed by atoms with Gasteiger partial charge in [0.05, 0.1) is 5.41 Å². The Balaban J connectivity index is 2.06. The van der Waals surface area contributed by atoms with Crippen LogP contribution in [-0.2, 0) is 10.2 Å². The van der Waals surface area contributed by atoms with E-state index in [4.69, 9.17) is 0 Å². The summed E-state index contributed by atoms with van der Waals surface area (Å²) in [6.45, 7) is 4.13. The normalized spacial score (nSPS) is 15.9. The van der Waals surface area contributed by atoms with Crippen molar-refractivity contribution < 1.29 is 9.90 Å². The number of pyridine rings is 1. The molecule has 1 fully saturated rings. The zero-order valence-corrected chi connectivity index (χ0v) is 11.7. The first kappa shape index (κ1) is 12.9. The van der Waals surface area contributed by atoms with E-state index < -0.39 is 11.4 Å². The number of hydrogen-bond donors (Lipinski definition) is 1. The van der Waals surface area contributed by atoms with Crippen LogP contribution < -0.4 is 0 Å². The second-order valence-electron chi connectivity index (χ2n) is 5.73. The molecule has 1 N–H and O–H groups in total. The van der Waals surface area contributed by atoms with Crippen molar-refractivity contribution >= 4 is 5.97 Å². The smallest absolute Gasteiger partial charge is 0.314 e. The Morgan fingerprint density at radius 2 is 1.70 bits per heavy atom. The first-order valence-corrected chi connectivity index (χ1v) is 6.79. The molecule has 1 aromatic carbocycles. The van der Waals surface area contributed by atoms with Crippen LogP contribution in [0.5, 0.6) is 0 Å². The van der Waals surface area contributed by atoms with E-state index in [9.17, 15) is 9.90 Å². The lowest BCUT2D eigenvalue weighted by atomic mass is 9.94. The van der Waals surface area contributed by atoms with E-state index in [0.717, 1.165) is 16.7 Å². The number of benzene rings is 1. The Labute approximate surface area is 118 Å². The molecule has 0 radical (unpaired) electrons. The molecule has 0 aliphatic heterocycles. The summed E-state index contributed by atoms with van der Waals surface area (Å²) < 4.78 is 0. The summed E-state index contributed by atoms with van der Waals surface area (Å²) in [6, 6.07) is 8.31. The van der Waals surface area contributed by atoms with Gasteiger partial charge in [0.1, 0.15) is 0 Å². The molecule has 3 heteroatoms. The molecule has 1 aliphatic carbocycles. The largest absolute Gasteiger partial charge is 0.481 e. The van der Waals surface area contributed by atoms with Gasteiger partial charge in [-0.15, -0.1) is 0 Å². The molecule has 102 valence electrons. The van der Waals surface area contributed by atoms with Gasteiger partial charge >= 0.3 is 5.97 Å². The van der Waals surface area contributed by atoms with Crippen LogP contribution in [0, 0.1) is 13.8 Å². The molecule has 0 amide bonds. The summed E-state index contributed by atoms with van der Waals surface area (Å²) in [5, 5.41) is 9.38. The summed E-state index contributed by atoms with van der Waals surface area (Å²) in [5.74, 6) is -0.739. The van der Waals surface area contributed by atoms with E-state index in [2.05, 4.69) is 37.0 Å². The van der Waals surface area contributed by atoms with Gasteiger partial charge in [0, 0.05) is 18.0 Å². The van der Waals surface area contributed by atoms with Crippen molar-refractivity contribution in [3.8, 4) is 11.1 Å². The molecular formula is C17H17NO2. The first-order valence-electron chi connectivity index (χ1n) is 6.79. The van der Waals surface area contributed by atoms with Crippen molar-refractivity contribution in [3.63, 3.8) is 0 Å². The van der Waals surface area contributed by atoms with Crippen molar-refractivity contribution in [1.29, 1.82) is 0 Å². The summed E-state index contributed by atoms with van der Waals surface area (Å²) >= 11 is 0. The molecule has 0 unspecified atom stereocenters. The fourth-order valence-electron chi connectivity index (χ4n) is 2.75. The number of carboxylic acids is 1. The van der Waals surface area contributed by atoms with Crippen molar-refractivity contribution in [2.75, 3.05) is 0 Å². The maximum absolute atomic E-state index is 11.4. The lowest BCUT2D eigenvalue weighted by Crippen LogP contribution is -2.19. The van der Waals surface area contributed by atoms with Crippen LogP contribution in [0.25, 0.3) is 11.1 Å². The Kier molecular flexibility index (Phi) is 2.85. The number of aryl methyl sites for hydroxylation is 2. The van der Waals surface area contributed by atoms with Gasteiger partial charge in [-0.3, -0.25) is 9.78 Å². The summed E-state index contributed by atoms with van der Waals surface area (Å²) in [6.07, 6.45) is 4.91. The van der Waals surface area contributed by atoms with Crippen LogP contribution >= 0.6 is 0 Å². The molecule has 3 nitrogen and oxygen atoms in total. The molecule has 0 bridgehead atoms. The first-order chi connectivity index (χ1) is 9.51. The number of aliphatic carboxylic acids is 1. The average molecular weight is 267 g/mol. The lowest BCUT2D eigenvalue weighted by Gasteiger charge is -2.12. The molecule has 0 spiro atoms. The highest BCUT2D eigenvalue weighted by Crippen LogP contribution is 2.48. The zero-order chi connectivity index (χ0) is 14.3. The third-order valence-corrected chi connectivity index (χ3v) is 4.01. The van der Waals surface area contributed by atoms with E-state index >= 15 is 0 Å². The standard InChI is InChI=1S/C17H17NO2/c1-11-5-12(2)7-13(6-11)14-8-15(10-18-9-14)17(3-4-17)16(19)20/h5-10H,3-4H2,1-2H3,(H,19,20). The molecule has 1 heterocycles. The highest BCUT2D eigenvalue weighted by molar-refractivity contribution is 5.85. The minimum atomic E-state index is -0.739. The quantitative estimate of drug-likeness (QED) is 0.926. The average Bonchev–Trinajstić information content (AvgIpc) is 3.19. The van der Waals surface area contributed by atoms with E-state index in [1.54, 1.807) is 12.4 Å². The van der Waals surface area contributed by atoms with Gasteiger partial charge in [0.25, 0.3) is 0 Å². The topological polar surface area (TPSA) is 50.2 Å². The van der Waals surface area contributed by atoms with Crippen molar-refractivity contribution in [1.82, 2.24) is 4.98 Å². The Bertz CT molecular complexity index is 667. The Morgan fingerprint density at radius 3 is 2.25 bits per heavy atom. The predicted molar refractivity (Wildman–Crippen MR) is 77.7 cm³/mol. The number of carboxylic acid groups (broad SMARTS) is 1. The maximum atomic E-state index is 11.4. The van der Waals surface area contributed by atoms with Crippen LogP contribution in [0.3, 0.4) is 0 Å². The highest BCUT2D eigenvalue weighted by Gasteiger charge is 2.52. The van der Waals surface area contributed by atoms with E-state index in [-0.39, 0.29) is 0 Å². The van der Waals surface area contributed by atoms with Crippen LogP contribution in [-0.4, -0.2) is 16.1 Å². The van der Waals surface area contributed by atoms with E-state index in [0.29, 0.717) is 12.8 Å². The predicted octanol–water partition coefficient (Wildman–Crippen LogP) is 3.48. The molecule has 1 saturated carbocycles. The van der Waals surface area contributed by atoms with Crippen molar-refractivity contribution in [3.05, 3.63) is 53.3 Å². The molecule has 3 rings (SSSR count). The molecule has 20 heavy (non-hydrogen) atoms. The molecule has 0 atom stereocenters. The maximum Gasteiger partial charge on any atom is 0.314 e. The minimum Gasteiger partial charge on any atom is -0.481 e. The Hall–Kier alpha value is -2.16. The molecular weight excluding hydrogens is 250 g/mol. The van der Waals surface area contributed by atoms with Gasteiger partial charge in [-0.2, -0.15) is 0 Å². The van der Waals surface area contributed by atoms with Gasteiger partial charge in [0.2, 0.25) is 0 Å². The van der Waals surface area contributed by atoms with Crippen LogP contribution in [0.1, 0.15) is 29.5 Å². The second-order valence-corrected chi connectivity index (χ2v) is 5.73. The van der Waals surface area contributed by atoms with Crippen LogP contribution in [0.15, 0.2) is 36.7 Å². The third-order valence-electron chi connectivity index (χ3n) is 4.01. The fourth-order valence-corrected chi connectivity index (χ4v) is 2.75. The summed E-state index contributed by atoms with van der Waals surface area (Å²) in [7, 11) is 0. The van der Waals surface area contributed by atoms with Crippen LogP contribution in [0.4, 0.5) is 0 Å². The number of carbonyl (C=O) groups is 1. The van der Waals surface area contributed by atoms with E-state index in [1.165, 1.54) is 11.1 Å². The van der Waals surface area contributed by atoms with Crippen molar-refractivity contribution in [2.24, 2.45) is 0 Å². The molecule has 1 aliphatic rings. The summed E-state index contributed by atoms with van der Waals surface area (Å²) in [5.41, 5.74) is 4.61. The minimum absolute atomic E-state index is 0.693. The van der Waals surface area contributed by atoms with Crippen LogP contribution in [0.2, 0.25) is 0 Å². The third kappa shape index (κ3) is 2.09. The van der Waals surface area contributed by atoms with Gasteiger partial charge < -0.3 is 5.11 Å². The molecule has 1 aromatic heterocycles. The Morgan fingerprint density at radius 1 is 1.05 bits per heavy atom. The molecule has 2 aromatic rings. The van der Waals surface area contributed by atoms with Gasteiger partial charge in [-0.05, 0) is 43.9 Å². The number of hydrogen-bond acceptors (Lipinski definition) is 2. The fraction of sp³-hybridized carbons (Fsp3) is 0.294. The van der Waals surface area contributed by atoms with Gasteiger partial charge in [0.15, 0.2) is 0 Å². The zero-order valence-electron chi connectivity index (χ0n) is 11.7. The second kappa shape index (κ2) is 4.44. The van der Waals surface area contributed by atoms with Gasteiger partial charge in [-0.25, -0.2) is 0 Å². The lowest BCUT2D eigenvalue weighted by molar-refractivity contribution is -0.140. The number of rotatable bonds is 3. The number of nitrogens with zero attached hydrogens (tertiary/aromatic N) is 1. The number of aromatic nitrogens is 1. The molecule has 0 saturated heterocycles.